The van der Waals surface area contributed by atoms with Crippen LogP contribution in [0.5, 0.6) is 0 Å². The van der Waals surface area contributed by atoms with Gasteiger partial charge in [-0.15, -0.1) is 0 Å². The quantitative estimate of drug-likeness (QED) is 0.461. The first-order valence-electron chi connectivity index (χ1n) is 3.77. The maximum Gasteiger partial charge on any atom is 0.307 e. The first kappa shape index (κ1) is 10.6. The Morgan fingerprint density at radius 1 is 1.36 bits per heavy atom. The fourth-order valence-corrected chi connectivity index (χ4v) is 1.58. The molecule has 0 rings (SSSR count). The van der Waals surface area contributed by atoms with Crippen molar-refractivity contribution in [1.82, 2.24) is 0 Å². The minimum atomic E-state index is -0.745. The van der Waals surface area contributed by atoms with Crippen molar-refractivity contribution in [3.63, 3.8) is 0 Å². The van der Waals surface area contributed by atoms with E-state index in [0.29, 0.717) is 0 Å². The van der Waals surface area contributed by atoms with Gasteiger partial charge in [-0.05, 0) is 13.8 Å². The van der Waals surface area contributed by atoms with E-state index in [1.54, 1.807) is 0 Å². The minimum absolute atomic E-state index is 0.0256. The lowest BCUT2D eigenvalue weighted by Gasteiger charge is -2.11. The fourth-order valence-electron chi connectivity index (χ4n) is 0.606. The van der Waals surface area contributed by atoms with Crippen molar-refractivity contribution in [3.05, 3.63) is 0 Å². The summed E-state index contributed by atoms with van der Waals surface area (Å²) in [5, 5.41) is 0. The van der Waals surface area contributed by atoms with Crippen LogP contribution in [-0.4, -0.2) is 28.9 Å². The summed E-state index contributed by atoms with van der Waals surface area (Å²) in [6.45, 7) is 5.79. The van der Waals surface area contributed by atoms with Crippen molar-refractivity contribution in [2.24, 2.45) is 0 Å². The second-order valence-corrected chi connectivity index (χ2v) is 4.70. The lowest BCUT2D eigenvalue weighted by molar-refractivity contribution is -0.140. The predicted octanol–water partition coefficient (Wildman–Crippen LogP) is 0.477. The number of carbonyl (C=O) groups is 1. The van der Waals surface area contributed by atoms with E-state index in [1.807, 2.05) is 20.8 Å². The van der Waals surface area contributed by atoms with E-state index in [0.717, 1.165) is 0 Å². The molecule has 0 saturated heterocycles. The molecule has 0 amide bonds. The van der Waals surface area contributed by atoms with Gasteiger partial charge in [0.15, 0.2) is 9.76 Å². The van der Waals surface area contributed by atoms with Gasteiger partial charge in [0.2, 0.25) is 0 Å². The Hall–Kier alpha value is -0.353. The fraction of sp³-hybridized carbons (Fsp3) is 0.857. The highest BCUT2D eigenvalue weighted by molar-refractivity contribution is 6.36. The van der Waals surface area contributed by atoms with E-state index in [1.165, 1.54) is 7.11 Å². The topological polar surface area (TPSA) is 35.5 Å². The van der Waals surface area contributed by atoms with Crippen molar-refractivity contribution < 1.29 is 14.0 Å². The van der Waals surface area contributed by atoms with E-state index in [4.69, 9.17) is 4.43 Å². The van der Waals surface area contributed by atoms with Gasteiger partial charge in [-0.1, -0.05) is 6.92 Å². The lowest BCUT2D eigenvalue weighted by Crippen LogP contribution is -2.18. The van der Waals surface area contributed by atoms with Crippen LogP contribution in [0.2, 0.25) is 5.54 Å². The smallest absolute Gasteiger partial charge is 0.307 e. The van der Waals surface area contributed by atoms with Crippen molar-refractivity contribution in [3.8, 4) is 0 Å². The minimum Gasteiger partial charge on any atom is -0.469 e. The Labute approximate surface area is 70.0 Å². The van der Waals surface area contributed by atoms with Crippen molar-refractivity contribution >= 4 is 15.7 Å². The molecule has 0 aliphatic heterocycles. The average Bonchev–Trinajstić information content (AvgIpc) is 1.98. The van der Waals surface area contributed by atoms with Crippen molar-refractivity contribution in [2.45, 2.75) is 32.4 Å². The van der Waals surface area contributed by atoms with Gasteiger partial charge in [-0.3, -0.25) is 4.79 Å². The van der Waals surface area contributed by atoms with E-state index >= 15 is 0 Å². The van der Waals surface area contributed by atoms with Crippen LogP contribution in [0, 0.1) is 0 Å². The summed E-state index contributed by atoms with van der Waals surface area (Å²) in [6.07, 6.45) is 0.230. The molecular formula is C7H16O3Si. The first-order valence-corrected chi connectivity index (χ1v) is 5.16. The van der Waals surface area contributed by atoms with Crippen LogP contribution in [-0.2, 0) is 14.0 Å². The van der Waals surface area contributed by atoms with Gasteiger partial charge in [-0.25, -0.2) is 0 Å². The van der Waals surface area contributed by atoms with E-state index in [-0.39, 0.29) is 17.6 Å². The number of hydrogen-bond donors (Lipinski definition) is 0. The van der Waals surface area contributed by atoms with Crippen LogP contribution in [0.4, 0.5) is 0 Å². The molecule has 0 spiro atoms. The van der Waals surface area contributed by atoms with Crippen molar-refractivity contribution in [2.75, 3.05) is 7.11 Å². The van der Waals surface area contributed by atoms with Crippen LogP contribution in [0.15, 0.2) is 0 Å². The number of hydrogen-bond acceptors (Lipinski definition) is 3. The third-order valence-corrected chi connectivity index (χ3v) is 2.98. The van der Waals surface area contributed by atoms with Crippen LogP contribution in [0.25, 0.3) is 0 Å². The largest absolute Gasteiger partial charge is 0.469 e. The summed E-state index contributed by atoms with van der Waals surface area (Å²) in [6, 6.07) is 0. The monoisotopic (exact) mass is 176 g/mol. The van der Waals surface area contributed by atoms with Crippen LogP contribution in [0.3, 0.4) is 0 Å². The van der Waals surface area contributed by atoms with Crippen LogP contribution < -0.4 is 0 Å². The molecule has 0 aromatic carbocycles. The van der Waals surface area contributed by atoms with Gasteiger partial charge in [0.1, 0.15) is 0 Å². The standard InChI is InChI=1S/C7H16O3Si/c1-5(2)10-11-6(3)7(8)9-4/h5-6H,11H2,1-4H3. The highest BCUT2D eigenvalue weighted by Gasteiger charge is 2.14. The predicted molar refractivity (Wildman–Crippen MR) is 46.2 cm³/mol. The summed E-state index contributed by atoms with van der Waals surface area (Å²) in [4.78, 5) is 10.9. The number of carbonyl (C=O) groups excluding carboxylic acids is 1. The molecule has 0 aromatic heterocycles. The number of rotatable bonds is 4. The van der Waals surface area contributed by atoms with Gasteiger partial charge in [0.25, 0.3) is 0 Å². The second-order valence-electron chi connectivity index (χ2n) is 2.81. The Morgan fingerprint density at radius 2 is 1.91 bits per heavy atom. The Morgan fingerprint density at radius 3 is 2.27 bits per heavy atom. The molecular weight excluding hydrogens is 160 g/mol. The molecule has 3 nitrogen and oxygen atoms in total. The summed E-state index contributed by atoms with van der Waals surface area (Å²) >= 11 is 0. The zero-order chi connectivity index (χ0) is 8.85. The summed E-state index contributed by atoms with van der Waals surface area (Å²) in [7, 11) is 0.661. The van der Waals surface area contributed by atoms with Crippen molar-refractivity contribution in [1.29, 1.82) is 0 Å². The van der Waals surface area contributed by atoms with E-state index in [9.17, 15) is 4.79 Å². The van der Waals surface area contributed by atoms with Gasteiger partial charge in [0.05, 0.1) is 12.7 Å². The summed E-state index contributed by atoms with van der Waals surface area (Å²) < 4.78 is 9.92. The maximum atomic E-state index is 10.9. The molecule has 0 saturated carbocycles. The number of methoxy groups -OCH3 is 1. The third kappa shape index (κ3) is 4.98. The molecule has 1 atom stereocenters. The maximum absolute atomic E-state index is 10.9. The zero-order valence-electron chi connectivity index (χ0n) is 7.59. The Bertz CT molecular complexity index is 125. The SMILES string of the molecule is COC(=O)C(C)[SiH2]OC(C)C. The number of ether oxygens (including phenoxy) is 1. The van der Waals surface area contributed by atoms with Crippen LogP contribution >= 0.6 is 0 Å². The van der Waals surface area contributed by atoms with Crippen LogP contribution in [0.1, 0.15) is 20.8 Å². The van der Waals surface area contributed by atoms with E-state index < -0.39 is 9.76 Å². The highest BCUT2D eigenvalue weighted by Crippen LogP contribution is 2.04. The molecule has 0 aliphatic carbocycles. The van der Waals surface area contributed by atoms with Gasteiger partial charge >= 0.3 is 5.97 Å². The molecule has 1 unspecified atom stereocenters. The summed E-state index contributed by atoms with van der Waals surface area (Å²) in [5.74, 6) is -0.155. The van der Waals surface area contributed by atoms with Gasteiger partial charge < -0.3 is 9.16 Å². The van der Waals surface area contributed by atoms with E-state index in [2.05, 4.69) is 4.74 Å². The third-order valence-electron chi connectivity index (χ3n) is 1.28. The average molecular weight is 176 g/mol. The zero-order valence-corrected chi connectivity index (χ0v) is 9.00. The molecule has 0 N–H and O–H groups in total. The second kappa shape index (κ2) is 5.32. The lowest BCUT2D eigenvalue weighted by atomic mass is 10.5. The molecule has 66 valence electrons. The number of esters is 1. The molecule has 0 bridgehead atoms. The molecule has 11 heavy (non-hydrogen) atoms. The van der Waals surface area contributed by atoms with Gasteiger partial charge in [-0.2, -0.15) is 0 Å². The summed E-state index contributed by atoms with van der Waals surface area (Å²) in [5.41, 5.74) is -0.0256. The highest BCUT2D eigenvalue weighted by atomic mass is 28.2. The molecule has 0 aromatic rings. The molecule has 0 heterocycles. The normalized spacial score (nSPS) is 14.3. The van der Waals surface area contributed by atoms with Gasteiger partial charge in [0, 0.05) is 6.10 Å². The Kier molecular flexibility index (Phi) is 5.15. The first-order chi connectivity index (χ1) is 5.07. The molecule has 0 radical (unpaired) electrons. The Balaban J connectivity index is 3.52. The molecule has 0 fully saturated rings. The molecule has 4 heteroatoms. The molecule has 0 aliphatic rings.